The van der Waals surface area contributed by atoms with Gasteiger partial charge >= 0.3 is 0 Å². The maximum atomic E-state index is 11.7. The molecule has 184 valence electrons. The Labute approximate surface area is 209 Å². The van der Waals surface area contributed by atoms with Crippen molar-refractivity contribution in [3.63, 3.8) is 0 Å². The smallest absolute Gasteiger partial charge is 0.293 e. The van der Waals surface area contributed by atoms with E-state index in [9.17, 15) is 18.5 Å². The summed E-state index contributed by atoms with van der Waals surface area (Å²) in [6.07, 6.45) is 3.50. The zero-order valence-electron chi connectivity index (χ0n) is 19.0. The topological polar surface area (TPSA) is 131 Å². The maximum Gasteiger partial charge on any atom is 0.293 e. The Morgan fingerprint density at radius 3 is 2.71 bits per heavy atom. The number of nitrogens with one attached hydrogen (secondary N) is 1. The number of nitro benzene ring substituents is 1. The molecule has 4 rings (SSSR count). The van der Waals surface area contributed by atoms with E-state index in [0.717, 1.165) is 49.1 Å². The number of fused-ring (bicyclic) bond motifs is 1. The standard InChI is InChI=1S/C24H27N5O4S2/c25-35(32,33)21-8-9-22(24(15-21)29(30)31)27-19(17-34-20-6-2-1-3-7-20)11-14-28-13-10-18-5-4-12-26-23(18)16-28/h1-9,12,15,19,27H,10-11,13-14,16-17H2,(H2,25,32,33)/t19-/m1/s1. The van der Waals surface area contributed by atoms with Gasteiger partial charge in [-0.15, -0.1) is 11.8 Å². The van der Waals surface area contributed by atoms with Crippen LogP contribution < -0.4 is 10.5 Å². The summed E-state index contributed by atoms with van der Waals surface area (Å²) in [6.45, 7) is 2.50. The Balaban J connectivity index is 1.50. The summed E-state index contributed by atoms with van der Waals surface area (Å²) in [6, 6.07) is 17.7. The molecule has 0 amide bonds. The van der Waals surface area contributed by atoms with Crippen LogP contribution in [0.15, 0.2) is 76.7 Å². The highest BCUT2D eigenvalue weighted by Gasteiger charge is 2.23. The van der Waals surface area contributed by atoms with Gasteiger partial charge in [0.2, 0.25) is 10.0 Å². The molecule has 0 saturated heterocycles. The summed E-state index contributed by atoms with van der Waals surface area (Å²) < 4.78 is 23.4. The minimum Gasteiger partial charge on any atom is -0.376 e. The van der Waals surface area contributed by atoms with Crippen molar-refractivity contribution in [1.82, 2.24) is 9.88 Å². The highest BCUT2D eigenvalue weighted by molar-refractivity contribution is 7.99. The number of rotatable bonds is 10. The van der Waals surface area contributed by atoms with Crippen LogP contribution in [-0.2, 0) is 23.0 Å². The van der Waals surface area contributed by atoms with E-state index in [1.54, 1.807) is 11.8 Å². The summed E-state index contributed by atoms with van der Waals surface area (Å²) >= 11 is 1.67. The molecule has 3 N–H and O–H groups in total. The lowest BCUT2D eigenvalue weighted by Gasteiger charge is -2.29. The summed E-state index contributed by atoms with van der Waals surface area (Å²) in [5.41, 5.74) is 2.33. The van der Waals surface area contributed by atoms with E-state index in [-0.39, 0.29) is 22.3 Å². The van der Waals surface area contributed by atoms with Crippen molar-refractivity contribution >= 4 is 33.2 Å². The lowest BCUT2D eigenvalue weighted by molar-refractivity contribution is -0.384. The Bertz CT molecular complexity index is 1290. The van der Waals surface area contributed by atoms with E-state index in [1.807, 2.05) is 42.6 Å². The molecule has 2 heterocycles. The average molecular weight is 514 g/mol. The Morgan fingerprint density at radius 1 is 1.17 bits per heavy atom. The first-order valence-corrected chi connectivity index (χ1v) is 13.7. The third-order valence-electron chi connectivity index (χ3n) is 5.90. The molecule has 0 spiro atoms. The minimum atomic E-state index is -4.05. The molecule has 35 heavy (non-hydrogen) atoms. The Morgan fingerprint density at radius 2 is 1.97 bits per heavy atom. The van der Waals surface area contributed by atoms with Crippen molar-refractivity contribution in [1.29, 1.82) is 0 Å². The van der Waals surface area contributed by atoms with E-state index >= 15 is 0 Å². The van der Waals surface area contributed by atoms with Gasteiger partial charge in [-0.3, -0.25) is 20.0 Å². The number of nitro groups is 1. The van der Waals surface area contributed by atoms with Crippen LogP contribution in [0.3, 0.4) is 0 Å². The third-order valence-corrected chi connectivity index (χ3v) is 7.98. The molecule has 0 unspecified atom stereocenters. The van der Waals surface area contributed by atoms with Crippen molar-refractivity contribution in [2.24, 2.45) is 5.14 Å². The van der Waals surface area contributed by atoms with Crippen molar-refractivity contribution in [2.75, 3.05) is 24.2 Å². The van der Waals surface area contributed by atoms with Crippen LogP contribution >= 0.6 is 11.8 Å². The highest BCUT2D eigenvalue weighted by atomic mass is 32.2. The fourth-order valence-corrected chi connectivity index (χ4v) is 5.56. The fraction of sp³-hybridized carbons (Fsp3) is 0.292. The molecule has 0 radical (unpaired) electrons. The number of aromatic nitrogens is 1. The van der Waals surface area contributed by atoms with E-state index in [4.69, 9.17) is 5.14 Å². The number of hydrogen-bond acceptors (Lipinski definition) is 8. The first-order valence-electron chi connectivity index (χ1n) is 11.2. The molecular formula is C24H27N5O4S2. The summed E-state index contributed by atoms with van der Waals surface area (Å²) in [5.74, 6) is 0.681. The van der Waals surface area contributed by atoms with Crippen molar-refractivity contribution in [3.8, 4) is 0 Å². The van der Waals surface area contributed by atoms with Crippen LogP contribution in [0.2, 0.25) is 0 Å². The van der Waals surface area contributed by atoms with Gasteiger partial charge < -0.3 is 5.32 Å². The number of pyridine rings is 1. The normalized spacial score (nSPS) is 14.8. The molecule has 11 heteroatoms. The monoisotopic (exact) mass is 513 g/mol. The van der Waals surface area contributed by atoms with E-state index in [2.05, 4.69) is 21.3 Å². The van der Waals surface area contributed by atoms with Gasteiger partial charge in [-0.05, 0) is 48.7 Å². The molecule has 0 fully saturated rings. The zero-order valence-corrected chi connectivity index (χ0v) is 20.7. The van der Waals surface area contributed by atoms with Crippen LogP contribution in [0.25, 0.3) is 0 Å². The van der Waals surface area contributed by atoms with E-state index in [1.165, 1.54) is 17.7 Å². The number of hydrogen-bond donors (Lipinski definition) is 2. The number of primary sulfonamides is 1. The highest BCUT2D eigenvalue weighted by Crippen LogP contribution is 2.30. The van der Waals surface area contributed by atoms with Gasteiger partial charge in [0.1, 0.15) is 5.69 Å². The summed E-state index contributed by atoms with van der Waals surface area (Å²) in [4.78, 5) is 18.8. The SMILES string of the molecule is NS(=O)(=O)c1ccc(N[C@H](CCN2CCc3cccnc3C2)CSc2ccccc2)c([N+](=O)[O-])c1. The molecule has 1 atom stereocenters. The van der Waals surface area contributed by atoms with Crippen LogP contribution in [0.1, 0.15) is 17.7 Å². The second-order valence-electron chi connectivity index (χ2n) is 8.37. The van der Waals surface area contributed by atoms with Crippen LogP contribution in [-0.4, -0.2) is 48.1 Å². The summed E-state index contributed by atoms with van der Waals surface area (Å²) in [7, 11) is -4.05. The van der Waals surface area contributed by atoms with E-state index in [0.29, 0.717) is 5.75 Å². The molecule has 3 aromatic rings. The fourth-order valence-electron chi connectivity index (χ4n) is 4.03. The summed E-state index contributed by atoms with van der Waals surface area (Å²) in [5, 5.41) is 20.2. The van der Waals surface area contributed by atoms with Gasteiger partial charge in [0, 0.05) is 48.6 Å². The number of nitrogens with zero attached hydrogens (tertiary/aromatic N) is 3. The second kappa shape index (κ2) is 11.2. The lowest BCUT2D eigenvalue weighted by Crippen LogP contribution is -2.35. The Kier molecular flexibility index (Phi) is 8.01. The first-order chi connectivity index (χ1) is 16.8. The molecular weight excluding hydrogens is 486 g/mol. The number of benzene rings is 2. The quantitative estimate of drug-likeness (QED) is 0.239. The van der Waals surface area contributed by atoms with Crippen molar-refractivity contribution in [2.45, 2.75) is 35.2 Å². The van der Waals surface area contributed by atoms with Crippen LogP contribution in [0, 0.1) is 10.1 Å². The Hall–Kier alpha value is -2.99. The second-order valence-corrected chi connectivity index (χ2v) is 11.0. The number of anilines is 1. The molecule has 0 bridgehead atoms. The van der Waals surface area contributed by atoms with Crippen molar-refractivity contribution in [3.05, 3.63) is 88.2 Å². The zero-order chi connectivity index (χ0) is 24.8. The third kappa shape index (κ3) is 6.79. The van der Waals surface area contributed by atoms with Crippen LogP contribution in [0.5, 0.6) is 0 Å². The van der Waals surface area contributed by atoms with Crippen LogP contribution in [0.4, 0.5) is 11.4 Å². The molecule has 1 aromatic heterocycles. The molecule has 0 aliphatic carbocycles. The lowest BCUT2D eigenvalue weighted by atomic mass is 10.0. The molecule has 0 saturated carbocycles. The van der Waals surface area contributed by atoms with Gasteiger partial charge in [-0.2, -0.15) is 0 Å². The number of thioether (sulfide) groups is 1. The number of sulfonamides is 1. The van der Waals surface area contributed by atoms with Gasteiger partial charge in [0.15, 0.2) is 0 Å². The molecule has 2 aromatic carbocycles. The van der Waals surface area contributed by atoms with Gasteiger partial charge in [0.05, 0.1) is 15.5 Å². The van der Waals surface area contributed by atoms with Gasteiger partial charge in [-0.25, -0.2) is 13.6 Å². The van der Waals surface area contributed by atoms with Gasteiger partial charge in [-0.1, -0.05) is 24.3 Å². The van der Waals surface area contributed by atoms with E-state index < -0.39 is 14.9 Å². The largest absolute Gasteiger partial charge is 0.376 e. The molecule has 1 aliphatic heterocycles. The predicted molar refractivity (Wildman–Crippen MR) is 137 cm³/mol. The maximum absolute atomic E-state index is 11.7. The van der Waals surface area contributed by atoms with Crippen molar-refractivity contribution < 1.29 is 13.3 Å². The average Bonchev–Trinajstić information content (AvgIpc) is 2.85. The van der Waals surface area contributed by atoms with Gasteiger partial charge in [0.25, 0.3) is 5.69 Å². The number of nitrogens with two attached hydrogens (primary N) is 1. The molecule has 1 aliphatic rings. The predicted octanol–water partition coefficient (Wildman–Crippen LogP) is 3.66. The minimum absolute atomic E-state index is 0.0932. The molecule has 9 nitrogen and oxygen atoms in total. The first kappa shape index (κ1) is 25.1.